The van der Waals surface area contributed by atoms with Crippen molar-refractivity contribution in [1.82, 2.24) is 0 Å². The van der Waals surface area contributed by atoms with Crippen molar-refractivity contribution in [3.05, 3.63) is 23.8 Å². The van der Waals surface area contributed by atoms with Crippen LogP contribution in [0, 0.1) is 12.8 Å². The molecular formula is C12H19NS. The highest BCUT2D eigenvalue weighted by Gasteiger charge is 2.02. The molecule has 1 aromatic rings. The fourth-order valence-electron chi connectivity index (χ4n) is 1.19. The van der Waals surface area contributed by atoms with Crippen LogP contribution in [0.5, 0.6) is 0 Å². The highest BCUT2D eigenvalue weighted by molar-refractivity contribution is 7.99. The molecule has 0 atom stereocenters. The topological polar surface area (TPSA) is 26.0 Å². The molecule has 1 aromatic carbocycles. The lowest BCUT2D eigenvalue weighted by atomic mass is 10.2. The van der Waals surface area contributed by atoms with E-state index < -0.39 is 0 Å². The standard InChI is InChI=1S/C12H19NS/c1-9(2)7-8-14-12-6-4-5-11(13)10(12)3/h4-6,9H,7-8,13H2,1-3H3. The van der Waals surface area contributed by atoms with Crippen molar-refractivity contribution >= 4 is 17.4 Å². The quantitative estimate of drug-likeness (QED) is 0.604. The molecule has 78 valence electrons. The summed E-state index contributed by atoms with van der Waals surface area (Å²) in [5.41, 5.74) is 7.96. The predicted molar refractivity (Wildman–Crippen MR) is 65.8 cm³/mol. The number of rotatable bonds is 4. The molecule has 0 fully saturated rings. The largest absolute Gasteiger partial charge is 0.398 e. The third-order valence-electron chi connectivity index (χ3n) is 2.28. The van der Waals surface area contributed by atoms with Crippen molar-refractivity contribution in [1.29, 1.82) is 0 Å². The van der Waals surface area contributed by atoms with Crippen LogP contribution in [0.4, 0.5) is 5.69 Å². The molecule has 1 nitrogen and oxygen atoms in total. The molecule has 0 saturated carbocycles. The summed E-state index contributed by atoms with van der Waals surface area (Å²) in [4.78, 5) is 1.32. The van der Waals surface area contributed by atoms with E-state index in [1.807, 2.05) is 23.9 Å². The van der Waals surface area contributed by atoms with E-state index in [2.05, 4.69) is 26.8 Å². The molecule has 0 aliphatic carbocycles. The van der Waals surface area contributed by atoms with Gasteiger partial charge in [-0.2, -0.15) is 0 Å². The van der Waals surface area contributed by atoms with Crippen LogP contribution in [0.2, 0.25) is 0 Å². The van der Waals surface area contributed by atoms with Gasteiger partial charge in [-0.15, -0.1) is 11.8 Å². The Labute approximate surface area is 91.1 Å². The molecule has 0 spiro atoms. The minimum atomic E-state index is 0.781. The Morgan fingerprint density at radius 1 is 1.36 bits per heavy atom. The zero-order valence-electron chi connectivity index (χ0n) is 9.21. The second-order valence-electron chi connectivity index (χ2n) is 4.00. The molecular weight excluding hydrogens is 190 g/mol. The molecule has 0 aromatic heterocycles. The van der Waals surface area contributed by atoms with Gasteiger partial charge in [-0.3, -0.25) is 0 Å². The van der Waals surface area contributed by atoms with Gasteiger partial charge in [0.2, 0.25) is 0 Å². The van der Waals surface area contributed by atoms with Crippen LogP contribution in [0.3, 0.4) is 0 Å². The maximum atomic E-state index is 5.84. The van der Waals surface area contributed by atoms with Crippen LogP contribution in [-0.4, -0.2) is 5.75 Å². The van der Waals surface area contributed by atoms with E-state index >= 15 is 0 Å². The number of benzene rings is 1. The average Bonchev–Trinajstić information content (AvgIpc) is 2.12. The summed E-state index contributed by atoms with van der Waals surface area (Å²) in [6, 6.07) is 6.14. The van der Waals surface area contributed by atoms with Gasteiger partial charge in [-0.1, -0.05) is 19.9 Å². The predicted octanol–water partition coefficient (Wildman–Crippen LogP) is 3.72. The van der Waals surface area contributed by atoms with Gasteiger partial charge in [0.15, 0.2) is 0 Å². The Bertz CT molecular complexity index is 294. The van der Waals surface area contributed by atoms with Crippen LogP contribution in [-0.2, 0) is 0 Å². The molecule has 2 heteroatoms. The Morgan fingerprint density at radius 2 is 2.07 bits per heavy atom. The fraction of sp³-hybridized carbons (Fsp3) is 0.500. The zero-order chi connectivity index (χ0) is 10.6. The molecule has 0 bridgehead atoms. The Morgan fingerprint density at radius 3 is 2.71 bits per heavy atom. The summed E-state index contributed by atoms with van der Waals surface area (Å²) in [5, 5.41) is 0. The zero-order valence-corrected chi connectivity index (χ0v) is 10.0. The van der Waals surface area contributed by atoms with Gasteiger partial charge < -0.3 is 5.73 Å². The lowest BCUT2D eigenvalue weighted by molar-refractivity contribution is 0.632. The SMILES string of the molecule is Cc1c(N)cccc1SCCC(C)C. The van der Waals surface area contributed by atoms with E-state index in [0.29, 0.717) is 0 Å². The van der Waals surface area contributed by atoms with E-state index in [4.69, 9.17) is 5.73 Å². The number of nitrogens with two attached hydrogens (primary N) is 1. The summed E-state index contributed by atoms with van der Waals surface area (Å²) in [6.07, 6.45) is 1.26. The van der Waals surface area contributed by atoms with E-state index in [1.165, 1.54) is 22.6 Å². The molecule has 0 aliphatic rings. The van der Waals surface area contributed by atoms with E-state index in [9.17, 15) is 0 Å². The lowest BCUT2D eigenvalue weighted by Crippen LogP contribution is -1.93. The molecule has 0 saturated heterocycles. The highest BCUT2D eigenvalue weighted by atomic mass is 32.2. The summed E-state index contributed by atoms with van der Waals surface area (Å²) in [7, 11) is 0. The van der Waals surface area contributed by atoms with Crippen LogP contribution >= 0.6 is 11.8 Å². The van der Waals surface area contributed by atoms with Gasteiger partial charge in [0, 0.05) is 10.6 Å². The van der Waals surface area contributed by atoms with Gasteiger partial charge in [0.1, 0.15) is 0 Å². The van der Waals surface area contributed by atoms with E-state index in [-0.39, 0.29) is 0 Å². The van der Waals surface area contributed by atoms with E-state index in [0.717, 1.165) is 11.6 Å². The fourth-order valence-corrected chi connectivity index (χ4v) is 2.51. The van der Waals surface area contributed by atoms with Gasteiger partial charge in [0.05, 0.1) is 0 Å². The lowest BCUT2D eigenvalue weighted by Gasteiger charge is -2.08. The third kappa shape index (κ3) is 3.26. The molecule has 0 aliphatic heterocycles. The molecule has 0 heterocycles. The number of anilines is 1. The normalized spacial score (nSPS) is 10.9. The van der Waals surface area contributed by atoms with Crippen molar-refractivity contribution in [3.63, 3.8) is 0 Å². The highest BCUT2D eigenvalue weighted by Crippen LogP contribution is 2.27. The van der Waals surface area contributed by atoms with Gasteiger partial charge in [-0.05, 0) is 42.7 Å². The molecule has 0 amide bonds. The Hall–Kier alpha value is -0.630. The Balaban J connectivity index is 2.54. The van der Waals surface area contributed by atoms with Gasteiger partial charge in [-0.25, -0.2) is 0 Å². The number of hydrogen-bond acceptors (Lipinski definition) is 2. The second kappa shape index (κ2) is 5.30. The van der Waals surface area contributed by atoms with Crippen molar-refractivity contribution in [2.75, 3.05) is 11.5 Å². The molecule has 14 heavy (non-hydrogen) atoms. The summed E-state index contributed by atoms with van der Waals surface area (Å²) >= 11 is 1.91. The second-order valence-corrected chi connectivity index (χ2v) is 5.14. The molecule has 0 radical (unpaired) electrons. The molecule has 1 rings (SSSR count). The third-order valence-corrected chi connectivity index (χ3v) is 3.47. The molecule has 0 unspecified atom stereocenters. The number of hydrogen-bond donors (Lipinski definition) is 1. The van der Waals surface area contributed by atoms with Gasteiger partial charge in [0.25, 0.3) is 0 Å². The van der Waals surface area contributed by atoms with Crippen LogP contribution < -0.4 is 5.73 Å². The first kappa shape index (κ1) is 11.4. The first-order chi connectivity index (χ1) is 6.61. The smallest absolute Gasteiger partial charge is 0.0354 e. The van der Waals surface area contributed by atoms with Crippen molar-refractivity contribution < 1.29 is 0 Å². The minimum Gasteiger partial charge on any atom is -0.398 e. The first-order valence-electron chi connectivity index (χ1n) is 5.09. The first-order valence-corrected chi connectivity index (χ1v) is 6.07. The number of nitrogen functional groups attached to an aromatic ring is 1. The maximum absolute atomic E-state index is 5.84. The monoisotopic (exact) mass is 209 g/mol. The summed E-state index contributed by atoms with van der Waals surface area (Å²) in [6.45, 7) is 6.60. The summed E-state index contributed by atoms with van der Waals surface area (Å²) < 4.78 is 0. The Kier molecular flexibility index (Phi) is 4.33. The average molecular weight is 209 g/mol. The summed E-state index contributed by atoms with van der Waals surface area (Å²) in [5.74, 6) is 1.96. The van der Waals surface area contributed by atoms with Crippen molar-refractivity contribution in [2.24, 2.45) is 5.92 Å². The minimum absolute atomic E-state index is 0.781. The molecule has 2 N–H and O–H groups in total. The van der Waals surface area contributed by atoms with Crippen LogP contribution in [0.25, 0.3) is 0 Å². The van der Waals surface area contributed by atoms with Gasteiger partial charge >= 0.3 is 0 Å². The maximum Gasteiger partial charge on any atom is 0.0354 e. The number of thioether (sulfide) groups is 1. The van der Waals surface area contributed by atoms with Crippen LogP contribution in [0.1, 0.15) is 25.8 Å². The van der Waals surface area contributed by atoms with Crippen molar-refractivity contribution in [2.45, 2.75) is 32.1 Å². The van der Waals surface area contributed by atoms with Crippen molar-refractivity contribution in [3.8, 4) is 0 Å². The van der Waals surface area contributed by atoms with E-state index in [1.54, 1.807) is 0 Å². The van der Waals surface area contributed by atoms with Crippen LogP contribution in [0.15, 0.2) is 23.1 Å².